The molecule has 0 aliphatic carbocycles. The van der Waals surface area contributed by atoms with Gasteiger partial charge in [0.05, 0.1) is 12.0 Å². The summed E-state index contributed by atoms with van der Waals surface area (Å²) < 4.78 is 6.91. The van der Waals surface area contributed by atoms with Crippen molar-refractivity contribution >= 4 is 17.0 Å². The van der Waals surface area contributed by atoms with E-state index in [1.807, 2.05) is 0 Å². The maximum atomic E-state index is 11.9. The number of aliphatic hydroxyl groups is 3. The first-order valence-electron chi connectivity index (χ1n) is 6.34. The molecule has 0 aliphatic heterocycles. The maximum Gasteiger partial charge on any atom is 0.262 e. The van der Waals surface area contributed by atoms with Crippen LogP contribution >= 0.6 is 0 Å². The number of hydrogen-bond acceptors (Lipinski definition) is 7. The highest BCUT2D eigenvalue weighted by Gasteiger charge is 2.22. The first-order valence-corrected chi connectivity index (χ1v) is 6.34. The van der Waals surface area contributed by atoms with Crippen LogP contribution in [0.4, 0.5) is 5.95 Å². The number of aromatic nitrogens is 3. The summed E-state index contributed by atoms with van der Waals surface area (Å²) in [6, 6.07) is 0. The Balaban J connectivity index is 2.45. The van der Waals surface area contributed by atoms with Gasteiger partial charge in [-0.2, -0.15) is 4.98 Å². The van der Waals surface area contributed by atoms with Gasteiger partial charge in [-0.15, -0.1) is 0 Å². The van der Waals surface area contributed by atoms with Crippen molar-refractivity contribution in [2.24, 2.45) is 0 Å². The summed E-state index contributed by atoms with van der Waals surface area (Å²) in [6.45, 7) is 2.81. The van der Waals surface area contributed by atoms with Crippen molar-refractivity contribution in [3.8, 4) is 0 Å². The number of nitrogens with two attached hydrogens (primary N) is 1. The van der Waals surface area contributed by atoms with Crippen molar-refractivity contribution in [1.29, 1.82) is 0 Å². The van der Waals surface area contributed by atoms with Gasteiger partial charge in [-0.3, -0.25) is 9.78 Å². The van der Waals surface area contributed by atoms with Crippen molar-refractivity contribution in [1.82, 2.24) is 14.5 Å². The fourth-order valence-electron chi connectivity index (χ4n) is 2.16. The number of nitrogens with one attached hydrogen (secondary N) is 1. The molecule has 0 saturated carbocycles. The van der Waals surface area contributed by atoms with E-state index >= 15 is 0 Å². The Morgan fingerprint density at radius 2 is 2.19 bits per heavy atom. The minimum atomic E-state index is -1.82. The molecular formula is C12H18N4O5. The number of ether oxygens (including phenoxy) is 1. The number of fused-ring (bicyclic) bond motifs is 1. The second-order valence-electron chi connectivity index (χ2n) is 4.74. The molecule has 0 aliphatic rings. The van der Waals surface area contributed by atoms with Crippen molar-refractivity contribution < 1.29 is 20.1 Å². The lowest BCUT2D eigenvalue weighted by atomic mass is 10.3. The molecule has 0 aromatic carbocycles. The summed E-state index contributed by atoms with van der Waals surface area (Å²) >= 11 is 0. The Bertz CT molecular complexity index is 693. The number of aryl methyl sites for hydroxylation is 1. The molecule has 0 fully saturated rings. The van der Waals surface area contributed by atoms with Gasteiger partial charge in [0.2, 0.25) is 5.95 Å². The molecule has 0 amide bonds. The molecule has 0 saturated heterocycles. The third kappa shape index (κ3) is 2.90. The minimum absolute atomic E-state index is 0.0278. The number of anilines is 1. The van der Waals surface area contributed by atoms with Gasteiger partial charge in [-0.25, -0.2) is 0 Å². The molecule has 2 aromatic heterocycles. The summed E-state index contributed by atoms with van der Waals surface area (Å²) in [7, 11) is 0. The molecule has 0 bridgehead atoms. The Kier molecular flexibility index (Phi) is 4.28. The van der Waals surface area contributed by atoms with E-state index in [1.165, 1.54) is 0 Å². The fourth-order valence-corrected chi connectivity index (χ4v) is 2.16. The Labute approximate surface area is 119 Å². The van der Waals surface area contributed by atoms with Gasteiger partial charge < -0.3 is 30.4 Å². The van der Waals surface area contributed by atoms with Crippen molar-refractivity contribution in [3.63, 3.8) is 0 Å². The third-order valence-corrected chi connectivity index (χ3v) is 3.17. The van der Waals surface area contributed by atoms with Crippen LogP contribution in [0.5, 0.6) is 0 Å². The van der Waals surface area contributed by atoms with E-state index in [1.54, 1.807) is 24.6 Å². The molecule has 2 heterocycles. The SMILES string of the molecule is Cc1cn([C@@H](C)O[C@H](CO)C(O)O)c2nc(N)[nH]c(=O)c12. The molecule has 21 heavy (non-hydrogen) atoms. The molecule has 2 atom stereocenters. The van der Waals surface area contributed by atoms with E-state index in [0.29, 0.717) is 16.6 Å². The topological polar surface area (TPSA) is 147 Å². The predicted molar refractivity (Wildman–Crippen MR) is 74.4 cm³/mol. The number of hydrogen-bond donors (Lipinski definition) is 5. The Hall–Kier alpha value is -1.94. The van der Waals surface area contributed by atoms with E-state index in [2.05, 4.69) is 9.97 Å². The van der Waals surface area contributed by atoms with Crippen LogP contribution in [0.2, 0.25) is 0 Å². The first kappa shape index (κ1) is 15.4. The van der Waals surface area contributed by atoms with Gasteiger partial charge in [-0.1, -0.05) is 0 Å². The minimum Gasteiger partial charge on any atom is -0.393 e. The van der Waals surface area contributed by atoms with E-state index < -0.39 is 25.2 Å². The van der Waals surface area contributed by atoms with Gasteiger partial charge in [0.1, 0.15) is 12.3 Å². The number of aromatic amines is 1. The average Bonchev–Trinajstić information content (AvgIpc) is 2.72. The van der Waals surface area contributed by atoms with Crippen molar-refractivity contribution in [3.05, 3.63) is 22.1 Å². The van der Waals surface area contributed by atoms with Crippen LogP contribution in [0.25, 0.3) is 11.0 Å². The monoisotopic (exact) mass is 298 g/mol. The van der Waals surface area contributed by atoms with Gasteiger partial charge in [0, 0.05) is 6.20 Å². The number of nitrogens with zero attached hydrogens (tertiary/aromatic N) is 2. The molecular weight excluding hydrogens is 280 g/mol. The summed E-state index contributed by atoms with van der Waals surface area (Å²) in [5.74, 6) is -0.0278. The number of nitrogen functional groups attached to an aromatic ring is 1. The number of H-pyrrole nitrogens is 1. The largest absolute Gasteiger partial charge is 0.393 e. The highest BCUT2D eigenvalue weighted by atomic mass is 16.6. The molecule has 6 N–H and O–H groups in total. The highest BCUT2D eigenvalue weighted by Crippen LogP contribution is 2.22. The maximum absolute atomic E-state index is 11.9. The smallest absolute Gasteiger partial charge is 0.262 e. The molecule has 0 unspecified atom stereocenters. The normalized spacial score (nSPS) is 14.8. The molecule has 116 valence electrons. The van der Waals surface area contributed by atoms with Crippen LogP contribution in [0, 0.1) is 6.92 Å². The van der Waals surface area contributed by atoms with Gasteiger partial charge >= 0.3 is 0 Å². The summed E-state index contributed by atoms with van der Waals surface area (Å²) in [5.41, 5.74) is 6.18. The van der Waals surface area contributed by atoms with Crippen molar-refractivity contribution in [2.75, 3.05) is 12.3 Å². The van der Waals surface area contributed by atoms with Crippen molar-refractivity contribution in [2.45, 2.75) is 32.5 Å². The van der Waals surface area contributed by atoms with Gasteiger partial charge in [0.15, 0.2) is 11.9 Å². The zero-order valence-corrected chi connectivity index (χ0v) is 11.6. The molecule has 0 radical (unpaired) electrons. The van der Waals surface area contributed by atoms with Crippen LogP contribution in [0.15, 0.2) is 11.0 Å². The second kappa shape index (κ2) is 5.82. The van der Waals surface area contributed by atoms with Gasteiger partial charge in [0.25, 0.3) is 5.56 Å². The van der Waals surface area contributed by atoms with Gasteiger partial charge in [-0.05, 0) is 19.4 Å². The van der Waals surface area contributed by atoms with Crippen LogP contribution < -0.4 is 11.3 Å². The van der Waals surface area contributed by atoms with E-state index in [0.717, 1.165) is 0 Å². The van der Waals surface area contributed by atoms with Crippen LogP contribution in [0.3, 0.4) is 0 Å². The molecule has 2 rings (SSSR count). The number of aliphatic hydroxyl groups excluding tert-OH is 2. The quantitative estimate of drug-likeness (QED) is 0.437. The Morgan fingerprint density at radius 3 is 2.76 bits per heavy atom. The van der Waals surface area contributed by atoms with E-state index in [9.17, 15) is 4.79 Å². The van der Waals surface area contributed by atoms with Crippen LogP contribution in [0.1, 0.15) is 18.7 Å². The highest BCUT2D eigenvalue weighted by molar-refractivity contribution is 5.80. The zero-order valence-electron chi connectivity index (χ0n) is 11.6. The van der Waals surface area contributed by atoms with Crippen LogP contribution in [-0.4, -0.2) is 48.9 Å². The second-order valence-corrected chi connectivity index (χ2v) is 4.74. The lowest BCUT2D eigenvalue weighted by Gasteiger charge is -2.23. The summed E-state index contributed by atoms with van der Waals surface area (Å²) in [4.78, 5) is 18.4. The lowest BCUT2D eigenvalue weighted by Crippen LogP contribution is -2.34. The molecule has 9 heteroatoms. The molecule has 0 spiro atoms. The molecule has 2 aromatic rings. The zero-order chi connectivity index (χ0) is 15.7. The van der Waals surface area contributed by atoms with E-state index in [-0.39, 0.29) is 11.5 Å². The predicted octanol–water partition coefficient (Wildman–Crippen LogP) is -1.18. The fraction of sp³-hybridized carbons (Fsp3) is 0.500. The average molecular weight is 298 g/mol. The van der Waals surface area contributed by atoms with E-state index in [4.69, 9.17) is 25.8 Å². The third-order valence-electron chi connectivity index (χ3n) is 3.17. The molecule has 9 nitrogen and oxygen atoms in total. The van der Waals surface area contributed by atoms with Crippen LogP contribution in [-0.2, 0) is 4.74 Å². The first-order chi connectivity index (χ1) is 9.85. The Morgan fingerprint density at radius 1 is 1.52 bits per heavy atom. The number of rotatable bonds is 5. The summed E-state index contributed by atoms with van der Waals surface area (Å²) in [6.07, 6.45) is -2.03. The summed E-state index contributed by atoms with van der Waals surface area (Å²) in [5, 5.41) is 27.6. The lowest BCUT2D eigenvalue weighted by molar-refractivity contribution is -0.186. The standard InChI is InChI=1S/C12H18N4O5/c1-5-3-16(6(2)21-7(4-17)11(19)20)9-8(5)10(18)15-12(13)14-9/h3,6-7,11,17,19-20H,4H2,1-2H3,(H3,13,14,15,18)/t6-,7-/m1/s1.